The van der Waals surface area contributed by atoms with Crippen molar-refractivity contribution >= 4 is 27.5 Å². The van der Waals surface area contributed by atoms with E-state index < -0.39 is 0 Å². The molecule has 1 aliphatic carbocycles. The Hall–Kier alpha value is -2.40. The first kappa shape index (κ1) is 16.1. The third-order valence-corrected chi connectivity index (χ3v) is 5.14. The van der Waals surface area contributed by atoms with Gasteiger partial charge in [0.2, 0.25) is 5.91 Å². The fraction of sp³-hybridized carbons (Fsp3) is 0.200. The molecule has 2 N–H and O–H groups in total. The molecule has 0 unspecified atom stereocenters. The van der Waals surface area contributed by atoms with Crippen LogP contribution in [0.15, 0.2) is 59.1 Å². The lowest BCUT2D eigenvalue weighted by Crippen LogP contribution is -2.15. The summed E-state index contributed by atoms with van der Waals surface area (Å²) >= 11 is 3.50. The molecule has 1 heterocycles. The third kappa shape index (κ3) is 3.24. The number of carbonyl (C=O) groups is 1. The second-order valence-electron chi connectivity index (χ2n) is 6.43. The van der Waals surface area contributed by atoms with Crippen LogP contribution in [-0.2, 0) is 4.79 Å². The van der Waals surface area contributed by atoms with Crippen molar-refractivity contribution in [3.05, 3.63) is 70.3 Å². The van der Waals surface area contributed by atoms with Gasteiger partial charge in [-0.15, -0.1) is 0 Å². The molecule has 1 amide bonds. The molecule has 1 fully saturated rings. The number of nitrogens with one attached hydrogen (secondary N) is 2. The molecule has 4 nitrogen and oxygen atoms in total. The summed E-state index contributed by atoms with van der Waals surface area (Å²) in [6.07, 6.45) is 0.889. The van der Waals surface area contributed by atoms with E-state index in [2.05, 4.69) is 43.6 Å². The van der Waals surface area contributed by atoms with E-state index >= 15 is 0 Å². The molecule has 4 rings (SSSR count). The van der Waals surface area contributed by atoms with Gasteiger partial charge in [0.1, 0.15) is 5.69 Å². The Labute approximate surface area is 154 Å². The summed E-state index contributed by atoms with van der Waals surface area (Å²) in [6.45, 7) is 1.92. The number of benzene rings is 2. The molecule has 1 aromatic heterocycles. The normalized spacial score (nSPS) is 18.8. The predicted octanol–water partition coefficient (Wildman–Crippen LogP) is 4.89. The van der Waals surface area contributed by atoms with Crippen LogP contribution < -0.4 is 5.32 Å². The Bertz CT molecular complexity index is 920. The number of hydrogen-bond acceptors (Lipinski definition) is 2. The number of H-pyrrole nitrogens is 1. The molecule has 0 saturated heterocycles. The van der Waals surface area contributed by atoms with Crippen molar-refractivity contribution in [2.45, 2.75) is 19.3 Å². The lowest BCUT2D eigenvalue weighted by molar-refractivity contribution is -0.117. The number of halogens is 1. The van der Waals surface area contributed by atoms with E-state index in [1.807, 2.05) is 49.4 Å². The smallest absolute Gasteiger partial charge is 0.228 e. The number of aromatic amines is 1. The van der Waals surface area contributed by atoms with Gasteiger partial charge in [-0.2, -0.15) is 5.10 Å². The molecule has 5 heteroatoms. The summed E-state index contributed by atoms with van der Waals surface area (Å²) in [5.41, 5.74) is 4.62. The summed E-state index contributed by atoms with van der Waals surface area (Å²) in [4.78, 5) is 12.7. The maximum atomic E-state index is 12.7. The van der Waals surface area contributed by atoms with Gasteiger partial charge in [0.05, 0.1) is 11.4 Å². The molecule has 0 aliphatic heterocycles. The van der Waals surface area contributed by atoms with E-state index in [4.69, 9.17) is 0 Å². The topological polar surface area (TPSA) is 57.8 Å². The van der Waals surface area contributed by atoms with E-state index in [1.165, 1.54) is 5.56 Å². The zero-order chi connectivity index (χ0) is 17.4. The molecule has 0 radical (unpaired) electrons. The molecule has 25 heavy (non-hydrogen) atoms. The first-order valence-corrected chi connectivity index (χ1v) is 9.09. The molecule has 3 aromatic rings. The van der Waals surface area contributed by atoms with Gasteiger partial charge in [-0.25, -0.2) is 0 Å². The van der Waals surface area contributed by atoms with E-state index in [-0.39, 0.29) is 11.8 Å². The van der Waals surface area contributed by atoms with Gasteiger partial charge in [-0.1, -0.05) is 58.4 Å². The van der Waals surface area contributed by atoms with Crippen LogP contribution in [0.5, 0.6) is 0 Å². The number of carbonyl (C=O) groups excluding carboxylic acids is 1. The van der Waals surface area contributed by atoms with Crippen molar-refractivity contribution in [1.29, 1.82) is 0 Å². The highest BCUT2D eigenvalue weighted by Crippen LogP contribution is 2.48. The van der Waals surface area contributed by atoms with Crippen LogP contribution in [0.4, 0.5) is 5.69 Å². The minimum Gasteiger partial charge on any atom is -0.322 e. The molecule has 1 saturated carbocycles. The lowest BCUT2D eigenvalue weighted by Gasteiger charge is -2.07. The average molecular weight is 396 g/mol. The summed E-state index contributed by atoms with van der Waals surface area (Å²) in [5, 5.41) is 10.4. The third-order valence-electron chi connectivity index (χ3n) is 4.65. The van der Waals surface area contributed by atoms with E-state index in [0.29, 0.717) is 5.92 Å². The van der Waals surface area contributed by atoms with Crippen LogP contribution in [-0.4, -0.2) is 16.1 Å². The van der Waals surface area contributed by atoms with Gasteiger partial charge in [0.15, 0.2) is 0 Å². The predicted molar refractivity (Wildman–Crippen MR) is 102 cm³/mol. The monoisotopic (exact) mass is 395 g/mol. The van der Waals surface area contributed by atoms with Gasteiger partial charge in [-0.3, -0.25) is 9.89 Å². The Morgan fingerprint density at radius 2 is 2.00 bits per heavy atom. The Morgan fingerprint density at radius 3 is 2.76 bits per heavy atom. The summed E-state index contributed by atoms with van der Waals surface area (Å²) < 4.78 is 1.05. The molecular weight excluding hydrogens is 378 g/mol. The highest BCUT2D eigenvalue weighted by Gasteiger charge is 2.44. The molecule has 2 aromatic carbocycles. The Morgan fingerprint density at radius 1 is 1.20 bits per heavy atom. The van der Waals surface area contributed by atoms with E-state index in [9.17, 15) is 4.79 Å². The second kappa shape index (κ2) is 6.48. The SMILES string of the molecule is Cc1[nH]nc(-c2ccccc2)c1NC(=O)[C@H]1C[C@@H]1c1cccc(Br)c1. The van der Waals surface area contributed by atoms with Crippen LogP contribution in [0.3, 0.4) is 0 Å². The highest BCUT2D eigenvalue weighted by atomic mass is 79.9. The fourth-order valence-electron chi connectivity index (χ4n) is 3.19. The quantitative estimate of drug-likeness (QED) is 0.660. The second-order valence-corrected chi connectivity index (χ2v) is 7.35. The van der Waals surface area contributed by atoms with Gasteiger partial charge < -0.3 is 5.32 Å². The largest absolute Gasteiger partial charge is 0.322 e. The first-order valence-electron chi connectivity index (χ1n) is 8.30. The van der Waals surface area contributed by atoms with Gasteiger partial charge >= 0.3 is 0 Å². The van der Waals surface area contributed by atoms with Crippen molar-refractivity contribution in [1.82, 2.24) is 10.2 Å². The van der Waals surface area contributed by atoms with Gasteiger partial charge in [-0.05, 0) is 37.0 Å². The number of anilines is 1. The van der Waals surface area contributed by atoms with Crippen LogP contribution in [0.2, 0.25) is 0 Å². The fourth-order valence-corrected chi connectivity index (χ4v) is 3.61. The molecule has 1 aliphatic rings. The summed E-state index contributed by atoms with van der Waals surface area (Å²) in [5.74, 6) is 0.378. The zero-order valence-electron chi connectivity index (χ0n) is 13.8. The van der Waals surface area contributed by atoms with Crippen molar-refractivity contribution in [3.63, 3.8) is 0 Å². The van der Waals surface area contributed by atoms with Gasteiger partial charge in [0.25, 0.3) is 0 Å². The molecule has 2 atom stereocenters. The standard InChI is InChI=1S/C20H18BrN3O/c1-12-18(19(24-23-12)13-6-3-2-4-7-13)22-20(25)17-11-16(17)14-8-5-9-15(21)10-14/h2-10,16-17H,11H2,1H3,(H,22,25)(H,23,24)/t16-,17+/m1/s1. The number of aryl methyl sites for hydroxylation is 1. The molecule has 0 bridgehead atoms. The highest BCUT2D eigenvalue weighted by molar-refractivity contribution is 9.10. The Kier molecular flexibility index (Phi) is 4.17. The Balaban J connectivity index is 1.52. The average Bonchev–Trinajstić information content (AvgIpc) is 3.35. The van der Waals surface area contributed by atoms with Crippen molar-refractivity contribution in [2.24, 2.45) is 5.92 Å². The van der Waals surface area contributed by atoms with Crippen LogP contribution in [0.1, 0.15) is 23.6 Å². The molecule has 0 spiro atoms. The van der Waals surface area contributed by atoms with Crippen molar-refractivity contribution in [2.75, 3.05) is 5.32 Å². The summed E-state index contributed by atoms with van der Waals surface area (Å²) in [7, 11) is 0. The molecular formula is C20H18BrN3O. The van der Waals surface area contributed by atoms with Gasteiger partial charge in [0, 0.05) is 16.0 Å². The van der Waals surface area contributed by atoms with E-state index in [0.717, 1.165) is 33.5 Å². The minimum atomic E-state index is 0.0206. The van der Waals surface area contributed by atoms with Crippen molar-refractivity contribution < 1.29 is 4.79 Å². The number of rotatable bonds is 4. The minimum absolute atomic E-state index is 0.0206. The van der Waals surface area contributed by atoms with Crippen LogP contribution in [0, 0.1) is 12.8 Å². The first-order chi connectivity index (χ1) is 12.1. The number of hydrogen-bond donors (Lipinski definition) is 2. The maximum absolute atomic E-state index is 12.7. The number of nitrogens with zero attached hydrogens (tertiary/aromatic N) is 1. The maximum Gasteiger partial charge on any atom is 0.228 e. The van der Waals surface area contributed by atoms with Crippen LogP contribution in [0.25, 0.3) is 11.3 Å². The van der Waals surface area contributed by atoms with Crippen molar-refractivity contribution in [3.8, 4) is 11.3 Å². The number of aromatic nitrogens is 2. The molecule has 126 valence electrons. The lowest BCUT2D eigenvalue weighted by atomic mass is 10.1. The zero-order valence-corrected chi connectivity index (χ0v) is 15.4. The van der Waals surface area contributed by atoms with E-state index in [1.54, 1.807) is 0 Å². The van der Waals surface area contributed by atoms with Crippen LogP contribution >= 0.6 is 15.9 Å². The number of amides is 1. The summed E-state index contributed by atoms with van der Waals surface area (Å²) in [6, 6.07) is 18.1.